The van der Waals surface area contributed by atoms with Crippen LogP contribution in [-0.2, 0) is 23.8 Å². The zero-order valence-electron chi connectivity index (χ0n) is 8.47. The van der Waals surface area contributed by atoms with Crippen molar-refractivity contribution in [1.82, 2.24) is 0 Å². The minimum atomic E-state index is -3.39. The van der Waals surface area contributed by atoms with Gasteiger partial charge >= 0.3 is 0 Å². The number of rotatable bonds is 3. The average Bonchev–Trinajstić information content (AvgIpc) is 2.73. The average molecular weight is 254 g/mol. The predicted octanol–water partition coefficient (Wildman–Crippen LogP) is 0.211. The first kappa shape index (κ1) is 11.7. The van der Waals surface area contributed by atoms with Crippen LogP contribution in [0.5, 0.6) is 0 Å². The normalized spacial score (nSPS) is 36.5. The van der Waals surface area contributed by atoms with E-state index in [0.717, 1.165) is 24.2 Å². The lowest BCUT2D eigenvalue weighted by Gasteiger charge is -2.20. The molecule has 15 heavy (non-hydrogen) atoms. The molecule has 2 aliphatic heterocycles. The third-order valence-corrected chi connectivity index (χ3v) is 4.03. The van der Waals surface area contributed by atoms with Gasteiger partial charge in [-0.25, -0.2) is 0 Å². The lowest BCUT2D eigenvalue weighted by atomic mass is 10.2. The number of hydrogen-bond acceptors (Lipinski definition) is 6. The largest absolute Gasteiger partial charge is 0.346 e. The third-order valence-electron chi connectivity index (χ3n) is 2.33. The van der Waals surface area contributed by atoms with Gasteiger partial charge in [0.15, 0.2) is 5.79 Å². The molecular formula is C8H14O5S2. The lowest BCUT2D eigenvalue weighted by molar-refractivity contribution is -0.149. The first-order chi connectivity index (χ1) is 6.99. The van der Waals surface area contributed by atoms with Crippen LogP contribution in [0.25, 0.3) is 0 Å². The SMILES string of the molecule is CS(=O)(=O)OCC1COC2(CCSC2)O1. The molecule has 0 amide bonds. The zero-order chi connectivity index (χ0) is 10.9. The summed E-state index contributed by atoms with van der Waals surface area (Å²) in [4.78, 5) is 0. The van der Waals surface area contributed by atoms with Gasteiger partial charge in [0.05, 0.1) is 19.5 Å². The maximum absolute atomic E-state index is 10.8. The fraction of sp³-hybridized carbons (Fsp3) is 1.00. The molecule has 7 heteroatoms. The first-order valence-electron chi connectivity index (χ1n) is 4.73. The molecule has 0 radical (unpaired) electrons. The van der Waals surface area contributed by atoms with Gasteiger partial charge in [-0.3, -0.25) is 4.18 Å². The van der Waals surface area contributed by atoms with Crippen LogP contribution in [0.4, 0.5) is 0 Å². The topological polar surface area (TPSA) is 61.8 Å². The highest BCUT2D eigenvalue weighted by molar-refractivity contribution is 7.99. The van der Waals surface area contributed by atoms with E-state index in [1.165, 1.54) is 0 Å². The third kappa shape index (κ3) is 3.07. The Labute approximate surface area is 93.6 Å². The molecule has 0 aromatic rings. The van der Waals surface area contributed by atoms with Crippen LogP contribution in [-0.4, -0.2) is 51.3 Å². The summed E-state index contributed by atoms with van der Waals surface area (Å²) in [5, 5.41) is 0. The Morgan fingerprint density at radius 2 is 2.40 bits per heavy atom. The summed E-state index contributed by atoms with van der Waals surface area (Å²) in [6, 6.07) is 0. The Bertz CT molecular complexity index is 320. The highest BCUT2D eigenvalue weighted by Crippen LogP contribution is 2.37. The zero-order valence-corrected chi connectivity index (χ0v) is 10.1. The summed E-state index contributed by atoms with van der Waals surface area (Å²) >= 11 is 1.79. The molecule has 1 spiro atoms. The van der Waals surface area contributed by atoms with E-state index in [0.29, 0.717) is 6.61 Å². The van der Waals surface area contributed by atoms with Crippen LogP contribution < -0.4 is 0 Å². The van der Waals surface area contributed by atoms with Gasteiger partial charge in [0, 0.05) is 12.2 Å². The van der Waals surface area contributed by atoms with Crippen molar-refractivity contribution in [2.45, 2.75) is 18.3 Å². The molecule has 0 saturated carbocycles. The molecular weight excluding hydrogens is 240 g/mol. The van der Waals surface area contributed by atoms with E-state index >= 15 is 0 Å². The van der Waals surface area contributed by atoms with E-state index in [-0.39, 0.29) is 12.7 Å². The predicted molar refractivity (Wildman–Crippen MR) is 56.3 cm³/mol. The Morgan fingerprint density at radius 3 is 3.00 bits per heavy atom. The molecule has 2 rings (SSSR count). The summed E-state index contributed by atoms with van der Waals surface area (Å²) in [6.07, 6.45) is 1.63. The standard InChI is InChI=1S/C8H14O5S2/c1-15(9,10)12-5-7-4-11-8(13-7)2-3-14-6-8/h7H,2-6H2,1H3. The molecule has 2 aliphatic rings. The van der Waals surface area contributed by atoms with Gasteiger partial charge in [0.1, 0.15) is 6.10 Å². The van der Waals surface area contributed by atoms with Crippen molar-refractivity contribution in [2.24, 2.45) is 0 Å². The fourth-order valence-electron chi connectivity index (χ4n) is 1.63. The first-order valence-corrected chi connectivity index (χ1v) is 7.70. The summed E-state index contributed by atoms with van der Waals surface area (Å²) < 4.78 is 37.5. The van der Waals surface area contributed by atoms with Crippen LogP contribution in [0.15, 0.2) is 0 Å². The van der Waals surface area contributed by atoms with Crippen molar-refractivity contribution in [1.29, 1.82) is 0 Å². The Balaban J connectivity index is 1.82. The van der Waals surface area contributed by atoms with Crippen molar-refractivity contribution < 1.29 is 22.1 Å². The van der Waals surface area contributed by atoms with E-state index in [2.05, 4.69) is 4.18 Å². The monoisotopic (exact) mass is 254 g/mol. The quantitative estimate of drug-likeness (QED) is 0.671. The number of thioether (sulfide) groups is 1. The van der Waals surface area contributed by atoms with Crippen molar-refractivity contribution in [3.63, 3.8) is 0 Å². The molecule has 2 fully saturated rings. The molecule has 5 nitrogen and oxygen atoms in total. The minimum Gasteiger partial charge on any atom is -0.346 e. The van der Waals surface area contributed by atoms with E-state index in [1.807, 2.05) is 0 Å². The summed E-state index contributed by atoms with van der Waals surface area (Å²) in [7, 11) is -3.39. The van der Waals surface area contributed by atoms with Crippen LogP contribution in [0.2, 0.25) is 0 Å². The molecule has 2 atom stereocenters. The maximum atomic E-state index is 10.8. The van der Waals surface area contributed by atoms with Gasteiger partial charge in [-0.1, -0.05) is 0 Å². The molecule has 2 saturated heterocycles. The van der Waals surface area contributed by atoms with Crippen LogP contribution in [0.1, 0.15) is 6.42 Å². The van der Waals surface area contributed by atoms with Crippen LogP contribution in [0, 0.1) is 0 Å². The van der Waals surface area contributed by atoms with Gasteiger partial charge in [-0.15, -0.1) is 0 Å². The highest BCUT2D eigenvalue weighted by atomic mass is 32.2. The second kappa shape index (κ2) is 4.21. The van der Waals surface area contributed by atoms with Gasteiger partial charge in [-0.2, -0.15) is 20.2 Å². The van der Waals surface area contributed by atoms with Gasteiger partial charge < -0.3 is 9.47 Å². The highest BCUT2D eigenvalue weighted by Gasteiger charge is 2.44. The molecule has 0 bridgehead atoms. The lowest BCUT2D eigenvalue weighted by Crippen LogP contribution is -2.31. The van der Waals surface area contributed by atoms with Crippen molar-refractivity contribution in [2.75, 3.05) is 31.0 Å². The number of hydrogen-bond donors (Lipinski definition) is 0. The van der Waals surface area contributed by atoms with Crippen molar-refractivity contribution in [3.05, 3.63) is 0 Å². The second-order valence-electron chi connectivity index (χ2n) is 3.75. The van der Waals surface area contributed by atoms with Crippen molar-refractivity contribution in [3.8, 4) is 0 Å². The Hall–Kier alpha value is 0.180. The molecule has 0 aliphatic carbocycles. The summed E-state index contributed by atoms with van der Waals surface area (Å²) in [5.41, 5.74) is 0. The van der Waals surface area contributed by atoms with E-state index in [1.54, 1.807) is 11.8 Å². The minimum absolute atomic E-state index is 0.0469. The second-order valence-corrected chi connectivity index (χ2v) is 6.50. The number of ether oxygens (including phenoxy) is 2. The summed E-state index contributed by atoms with van der Waals surface area (Å²) in [5.74, 6) is 1.37. The Kier molecular flexibility index (Phi) is 3.27. The van der Waals surface area contributed by atoms with Crippen LogP contribution >= 0.6 is 11.8 Å². The van der Waals surface area contributed by atoms with Crippen molar-refractivity contribution >= 4 is 21.9 Å². The Morgan fingerprint density at radius 1 is 1.60 bits per heavy atom. The van der Waals surface area contributed by atoms with Crippen LogP contribution in [0.3, 0.4) is 0 Å². The van der Waals surface area contributed by atoms with E-state index < -0.39 is 15.9 Å². The molecule has 2 unspecified atom stereocenters. The smallest absolute Gasteiger partial charge is 0.264 e. The molecule has 0 N–H and O–H groups in total. The molecule has 0 aromatic carbocycles. The van der Waals surface area contributed by atoms with Gasteiger partial charge in [0.25, 0.3) is 10.1 Å². The fourth-order valence-corrected chi connectivity index (χ4v) is 3.24. The van der Waals surface area contributed by atoms with Gasteiger partial charge in [0.2, 0.25) is 0 Å². The molecule has 88 valence electrons. The molecule has 2 heterocycles. The van der Waals surface area contributed by atoms with E-state index in [4.69, 9.17) is 9.47 Å². The summed E-state index contributed by atoms with van der Waals surface area (Å²) in [6.45, 7) is 0.460. The van der Waals surface area contributed by atoms with Gasteiger partial charge in [-0.05, 0) is 5.75 Å². The van der Waals surface area contributed by atoms with E-state index in [9.17, 15) is 8.42 Å². The molecule has 0 aromatic heterocycles. The maximum Gasteiger partial charge on any atom is 0.264 e.